The van der Waals surface area contributed by atoms with Gasteiger partial charge in [-0.3, -0.25) is 9.80 Å². The second-order valence-corrected chi connectivity index (χ2v) is 6.31. The van der Waals surface area contributed by atoms with Crippen LogP contribution in [0.15, 0.2) is 40.4 Å². The van der Waals surface area contributed by atoms with Gasteiger partial charge in [0.25, 0.3) is 0 Å². The van der Waals surface area contributed by atoms with Gasteiger partial charge in [-0.1, -0.05) is 47.1 Å². The maximum Gasteiger partial charge on any atom is 0.245 e. The second-order valence-electron chi connectivity index (χ2n) is 6.31. The van der Waals surface area contributed by atoms with Crippen molar-refractivity contribution in [2.75, 3.05) is 33.2 Å². The molecule has 0 saturated carbocycles. The molecule has 0 amide bonds. The maximum absolute atomic E-state index is 5.38. The van der Waals surface area contributed by atoms with E-state index in [0.717, 1.165) is 32.1 Å². The van der Waals surface area contributed by atoms with Crippen LogP contribution in [0, 0.1) is 6.92 Å². The summed E-state index contributed by atoms with van der Waals surface area (Å²) in [4.78, 5) is 9.15. The molecular formula is C18H24N4O. The number of aryl methyl sites for hydroxylation is 1. The van der Waals surface area contributed by atoms with Crippen LogP contribution >= 0.6 is 0 Å². The number of aromatic nitrogens is 2. The van der Waals surface area contributed by atoms with Crippen LogP contribution in [0.5, 0.6) is 0 Å². The zero-order valence-corrected chi connectivity index (χ0v) is 14.1. The van der Waals surface area contributed by atoms with E-state index < -0.39 is 0 Å². The van der Waals surface area contributed by atoms with Gasteiger partial charge < -0.3 is 4.52 Å². The minimum Gasteiger partial charge on any atom is -0.338 e. The van der Waals surface area contributed by atoms with Crippen molar-refractivity contribution in [2.45, 2.75) is 19.9 Å². The number of likely N-dealkylation sites (N-methyl/N-ethyl adjacent to an activating group) is 1. The normalized spacial score (nSPS) is 20.8. The van der Waals surface area contributed by atoms with Crippen LogP contribution in [0.3, 0.4) is 0 Å². The Morgan fingerprint density at radius 3 is 2.78 bits per heavy atom. The summed E-state index contributed by atoms with van der Waals surface area (Å²) in [5, 5.41) is 3.93. The van der Waals surface area contributed by atoms with E-state index in [2.05, 4.69) is 64.3 Å². The molecule has 122 valence electrons. The van der Waals surface area contributed by atoms with E-state index in [0.29, 0.717) is 5.82 Å². The zero-order chi connectivity index (χ0) is 16.2. The summed E-state index contributed by atoms with van der Waals surface area (Å²) in [6, 6.07) is 10.6. The van der Waals surface area contributed by atoms with E-state index in [4.69, 9.17) is 4.52 Å². The van der Waals surface area contributed by atoms with Gasteiger partial charge in [-0.25, -0.2) is 0 Å². The lowest BCUT2D eigenvalue weighted by Gasteiger charge is -2.37. The standard InChI is InChI=1S/C18H24N4O/c1-14(11-16-7-5-4-6-8-16)12-22-10-9-21(3)17(13-22)18-19-15(2)20-23-18/h4-8,11,17H,9-10,12-13H2,1-3H3. The highest BCUT2D eigenvalue weighted by atomic mass is 16.5. The Balaban J connectivity index is 1.66. The summed E-state index contributed by atoms with van der Waals surface area (Å²) in [5.41, 5.74) is 2.62. The highest BCUT2D eigenvalue weighted by Crippen LogP contribution is 2.23. The molecule has 1 aliphatic heterocycles. The fourth-order valence-electron chi connectivity index (χ4n) is 3.02. The number of benzene rings is 1. The molecule has 1 unspecified atom stereocenters. The lowest BCUT2D eigenvalue weighted by Crippen LogP contribution is -2.47. The van der Waals surface area contributed by atoms with Crippen molar-refractivity contribution in [3.63, 3.8) is 0 Å². The first-order chi connectivity index (χ1) is 11.1. The lowest BCUT2D eigenvalue weighted by atomic mass is 10.1. The van der Waals surface area contributed by atoms with Gasteiger partial charge in [0.05, 0.1) is 0 Å². The number of piperazine rings is 1. The van der Waals surface area contributed by atoms with Crippen molar-refractivity contribution in [2.24, 2.45) is 0 Å². The van der Waals surface area contributed by atoms with Crippen LogP contribution < -0.4 is 0 Å². The molecule has 0 radical (unpaired) electrons. The fourth-order valence-corrected chi connectivity index (χ4v) is 3.02. The first kappa shape index (κ1) is 15.9. The van der Waals surface area contributed by atoms with Crippen LogP contribution in [-0.4, -0.2) is 53.2 Å². The van der Waals surface area contributed by atoms with Gasteiger partial charge in [0.2, 0.25) is 5.89 Å². The van der Waals surface area contributed by atoms with Crippen molar-refractivity contribution in [3.8, 4) is 0 Å². The van der Waals surface area contributed by atoms with Crippen molar-refractivity contribution < 1.29 is 4.52 Å². The van der Waals surface area contributed by atoms with Gasteiger partial charge >= 0.3 is 0 Å². The molecule has 1 aromatic carbocycles. The van der Waals surface area contributed by atoms with Gasteiger partial charge in [0.1, 0.15) is 6.04 Å². The molecule has 0 aliphatic carbocycles. The van der Waals surface area contributed by atoms with Gasteiger partial charge in [-0.05, 0) is 26.5 Å². The highest BCUT2D eigenvalue weighted by Gasteiger charge is 2.29. The average Bonchev–Trinajstić information content (AvgIpc) is 2.96. The third kappa shape index (κ3) is 4.06. The predicted octanol–water partition coefficient (Wildman–Crippen LogP) is 2.77. The fraction of sp³-hybridized carbons (Fsp3) is 0.444. The van der Waals surface area contributed by atoms with Gasteiger partial charge in [0.15, 0.2) is 5.82 Å². The Morgan fingerprint density at radius 1 is 1.30 bits per heavy atom. The third-order valence-electron chi connectivity index (χ3n) is 4.25. The molecule has 1 aromatic heterocycles. The molecule has 2 heterocycles. The molecule has 0 bridgehead atoms. The number of nitrogens with zero attached hydrogens (tertiary/aromatic N) is 4. The van der Waals surface area contributed by atoms with Crippen molar-refractivity contribution in [1.82, 2.24) is 19.9 Å². The number of hydrogen-bond donors (Lipinski definition) is 0. The molecule has 0 spiro atoms. The molecule has 1 aliphatic rings. The van der Waals surface area contributed by atoms with Crippen LogP contribution in [-0.2, 0) is 0 Å². The first-order valence-electron chi connectivity index (χ1n) is 8.07. The molecule has 23 heavy (non-hydrogen) atoms. The van der Waals surface area contributed by atoms with Crippen molar-refractivity contribution >= 4 is 6.08 Å². The predicted molar refractivity (Wildman–Crippen MR) is 90.9 cm³/mol. The molecule has 2 aromatic rings. The van der Waals surface area contributed by atoms with E-state index in [9.17, 15) is 0 Å². The minimum atomic E-state index is 0.175. The number of hydrogen-bond acceptors (Lipinski definition) is 5. The van der Waals surface area contributed by atoms with Gasteiger partial charge in [0, 0.05) is 26.2 Å². The highest BCUT2D eigenvalue weighted by molar-refractivity contribution is 5.52. The molecule has 1 atom stereocenters. The van der Waals surface area contributed by atoms with E-state index in [-0.39, 0.29) is 6.04 Å². The van der Waals surface area contributed by atoms with E-state index in [1.807, 2.05) is 13.0 Å². The third-order valence-corrected chi connectivity index (χ3v) is 4.25. The summed E-state index contributed by atoms with van der Waals surface area (Å²) in [6.45, 7) is 7.99. The van der Waals surface area contributed by atoms with Crippen LogP contribution in [0.25, 0.3) is 6.08 Å². The summed E-state index contributed by atoms with van der Waals surface area (Å²) < 4.78 is 5.38. The molecule has 1 saturated heterocycles. The van der Waals surface area contributed by atoms with Gasteiger partial charge in [-0.15, -0.1) is 0 Å². The topological polar surface area (TPSA) is 45.4 Å². The number of rotatable bonds is 4. The Kier molecular flexibility index (Phi) is 4.88. The molecular weight excluding hydrogens is 288 g/mol. The van der Waals surface area contributed by atoms with E-state index >= 15 is 0 Å². The molecule has 5 nitrogen and oxygen atoms in total. The van der Waals surface area contributed by atoms with Crippen molar-refractivity contribution in [1.29, 1.82) is 0 Å². The summed E-state index contributed by atoms with van der Waals surface area (Å²) >= 11 is 0. The van der Waals surface area contributed by atoms with E-state index in [1.54, 1.807) is 0 Å². The average molecular weight is 312 g/mol. The Labute approximate surface area is 137 Å². The molecule has 1 fully saturated rings. The monoisotopic (exact) mass is 312 g/mol. The maximum atomic E-state index is 5.38. The zero-order valence-electron chi connectivity index (χ0n) is 14.1. The summed E-state index contributed by atoms with van der Waals surface area (Å²) in [6.07, 6.45) is 2.25. The van der Waals surface area contributed by atoms with Crippen LogP contribution in [0.4, 0.5) is 0 Å². The van der Waals surface area contributed by atoms with Crippen LogP contribution in [0.1, 0.15) is 30.2 Å². The SMILES string of the molecule is CC(=Cc1ccccc1)CN1CCN(C)C(c2nc(C)no2)C1. The smallest absolute Gasteiger partial charge is 0.245 e. The Morgan fingerprint density at radius 2 is 2.09 bits per heavy atom. The summed E-state index contributed by atoms with van der Waals surface area (Å²) in [7, 11) is 2.12. The minimum absolute atomic E-state index is 0.175. The first-order valence-corrected chi connectivity index (χ1v) is 8.07. The van der Waals surface area contributed by atoms with Crippen molar-refractivity contribution in [3.05, 3.63) is 53.2 Å². The van der Waals surface area contributed by atoms with E-state index in [1.165, 1.54) is 11.1 Å². The quantitative estimate of drug-likeness (QED) is 0.868. The lowest BCUT2D eigenvalue weighted by molar-refractivity contribution is 0.0818. The Bertz CT molecular complexity index is 665. The van der Waals surface area contributed by atoms with Crippen LogP contribution in [0.2, 0.25) is 0 Å². The van der Waals surface area contributed by atoms with Gasteiger partial charge in [-0.2, -0.15) is 4.98 Å². The summed E-state index contributed by atoms with van der Waals surface area (Å²) in [5.74, 6) is 1.42. The largest absolute Gasteiger partial charge is 0.338 e. The molecule has 3 rings (SSSR count). The molecule has 5 heteroatoms. The Hall–Kier alpha value is -1.98. The second kappa shape index (κ2) is 7.06. The molecule has 0 N–H and O–H groups in total.